The average Bonchev–Trinajstić information content (AvgIpc) is 3.09. The molecule has 0 fully saturated rings. The van der Waals surface area contributed by atoms with Crippen LogP contribution < -0.4 is 5.32 Å². The van der Waals surface area contributed by atoms with Gasteiger partial charge in [-0.2, -0.15) is 0 Å². The molecule has 116 valence electrons. The third kappa shape index (κ3) is 3.66. The normalized spacial score (nSPS) is 10.5. The lowest BCUT2D eigenvalue weighted by atomic mass is 10.1. The van der Waals surface area contributed by atoms with Crippen LogP contribution in [0.3, 0.4) is 0 Å². The molecule has 1 amide bonds. The quantitative estimate of drug-likeness (QED) is 0.783. The second kappa shape index (κ2) is 6.92. The number of nitrogens with one attached hydrogen (secondary N) is 1. The fraction of sp³-hybridized carbons (Fsp3) is 0.158. The van der Waals surface area contributed by atoms with Gasteiger partial charge >= 0.3 is 0 Å². The van der Waals surface area contributed by atoms with Gasteiger partial charge < -0.3 is 9.73 Å². The smallest absolute Gasteiger partial charge is 0.253 e. The summed E-state index contributed by atoms with van der Waals surface area (Å²) in [7, 11) is 0. The molecule has 0 bridgehead atoms. The van der Waals surface area contributed by atoms with Crippen molar-refractivity contribution in [3.05, 3.63) is 77.9 Å². The molecule has 0 atom stereocenters. The van der Waals surface area contributed by atoms with E-state index in [2.05, 4.69) is 10.3 Å². The van der Waals surface area contributed by atoms with E-state index in [4.69, 9.17) is 4.42 Å². The topological polar surface area (TPSA) is 55.1 Å². The number of furan rings is 1. The molecule has 3 rings (SSSR count). The highest BCUT2D eigenvalue weighted by Gasteiger charge is 2.11. The monoisotopic (exact) mass is 306 g/mol. The summed E-state index contributed by atoms with van der Waals surface area (Å²) in [4.78, 5) is 16.8. The Bertz CT molecular complexity index is 780. The van der Waals surface area contributed by atoms with Crippen LogP contribution in [0.2, 0.25) is 0 Å². The molecule has 1 aromatic carbocycles. The summed E-state index contributed by atoms with van der Waals surface area (Å²) in [6.07, 6.45) is 2.31. The maximum absolute atomic E-state index is 12.3. The summed E-state index contributed by atoms with van der Waals surface area (Å²) in [5.41, 5.74) is 3.24. The first-order valence-electron chi connectivity index (χ1n) is 7.57. The lowest BCUT2D eigenvalue weighted by Gasteiger charge is -2.08. The molecule has 0 spiro atoms. The van der Waals surface area contributed by atoms with Crippen LogP contribution in [0.25, 0.3) is 11.3 Å². The van der Waals surface area contributed by atoms with Gasteiger partial charge in [-0.3, -0.25) is 9.78 Å². The number of hydrogen-bond acceptors (Lipinski definition) is 3. The summed E-state index contributed by atoms with van der Waals surface area (Å²) in [5, 5.41) is 2.90. The van der Waals surface area contributed by atoms with Gasteiger partial charge in [0, 0.05) is 18.5 Å². The molecule has 4 heteroatoms. The van der Waals surface area contributed by atoms with Crippen molar-refractivity contribution in [2.75, 3.05) is 6.54 Å². The highest BCUT2D eigenvalue weighted by Crippen LogP contribution is 2.18. The minimum Gasteiger partial charge on any atom is -0.469 e. The van der Waals surface area contributed by atoms with Crippen LogP contribution in [-0.4, -0.2) is 17.4 Å². The summed E-state index contributed by atoms with van der Waals surface area (Å²) >= 11 is 0. The Labute approximate surface area is 135 Å². The fourth-order valence-corrected chi connectivity index (χ4v) is 2.42. The van der Waals surface area contributed by atoms with E-state index >= 15 is 0 Å². The molecule has 3 aromatic rings. The van der Waals surface area contributed by atoms with Crippen LogP contribution in [0, 0.1) is 6.92 Å². The first-order valence-corrected chi connectivity index (χ1v) is 7.57. The third-order valence-electron chi connectivity index (χ3n) is 3.64. The Morgan fingerprint density at radius 1 is 1.09 bits per heavy atom. The summed E-state index contributed by atoms with van der Waals surface area (Å²) in [6, 6.07) is 17.4. The van der Waals surface area contributed by atoms with Crippen molar-refractivity contribution in [2.24, 2.45) is 0 Å². The molecule has 0 saturated carbocycles. The van der Waals surface area contributed by atoms with Gasteiger partial charge in [-0.05, 0) is 31.2 Å². The number of carbonyl (C=O) groups is 1. The van der Waals surface area contributed by atoms with Gasteiger partial charge in [-0.25, -0.2) is 0 Å². The van der Waals surface area contributed by atoms with Crippen LogP contribution in [0.1, 0.15) is 21.8 Å². The van der Waals surface area contributed by atoms with Crippen molar-refractivity contribution in [3.63, 3.8) is 0 Å². The predicted octanol–water partition coefficient (Wildman–Crippen LogP) is 3.62. The number of amides is 1. The van der Waals surface area contributed by atoms with Gasteiger partial charge in [0.05, 0.1) is 23.2 Å². The van der Waals surface area contributed by atoms with Crippen LogP contribution in [0.4, 0.5) is 0 Å². The number of nitrogens with zero attached hydrogens (tertiary/aromatic N) is 1. The van der Waals surface area contributed by atoms with Crippen LogP contribution in [0.5, 0.6) is 0 Å². The van der Waals surface area contributed by atoms with Crippen molar-refractivity contribution in [1.29, 1.82) is 0 Å². The summed E-state index contributed by atoms with van der Waals surface area (Å²) in [6.45, 7) is 2.39. The zero-order valence-electron chi connectivity index (χ0n) is 13.0. The maximum atomic E-state index is 12.3. The fourth-order valence-electron chi connectivity index (χ4n) is 2.42. The largest absolute Gasteiger partial charge is 0.469 e. The number of aryl methyl sites for hydroxylation is 1. The van der Waals surface area contributed by atoms with E-state index in [0.717, 1.165) is 22.7 Å². The Balaban J connectivity index is 1.66. The van der Waals surface area contributed by atoms with Gasteiger partial charge in [0.2, 0.25) is 0 Å². The predicted molar refractivity (Wildman–Crippen MR) is 89.2 cm³/mol. The van der Waals surface area contributed by atoms with E-state index in [-0.39, 0.29) is 5.91 Å². The molecular weight excluding hydrogens is 288 g/mol. The Morgan fingerprint density at radius 3 is 2.61 bits per heavy atom. The lowest BCUT2D eigenvalue weighted by molar-refractivity contribution is 0.0952. The van der Waals surface area contributed by atoms with E-state index in [0.29, 0.717) is 18.5 Å². The Morgan fingerprint density at radius 2 is 1.91 bits per heavy atom. The highest BCUT2D eigenvalue weighted by molar-refractivity contribution is 5.95. The minimum atomic E-state index is -0.110. The molecule has 1 N–H and O–H groups in total. The number of benzene rings is 1. The molecule has 0 aliphatic carbocycles. The highest BCUT2D eigenvalue weighted by atomic mass is 16.3. The molecule has 0 aliphatic heterocycles. The molecular formula is C19H18N2O2. The molecule has 0 aliphatic rings. The Hall–Kier alpha value is -2.88. The van der Waals surface area contributed by atoms with Crippen molar-refractivity contribution >= 4 is 5.91 Å². The van der Waals surface area contributed by atoms with Crippen LogP contribution in [0.15, 0.2) is 65.3 Å². The van der Waals surface area contributed by atoms with Crippen molar-refractivity contribution < 1.29 is 9.21 Å². The van der Waals surface area contributed by atoms with Gasteiger partial charge in [-0.15, -0.1) is 0 Å². The number of hydrogen-bond donors (Lipinski definition) is 1. The molecule has 2 aromatic heterocycles. The van der Waals surface area contributed by atoms with Crippen molar-refractivity contribution in [3.8, 4) is 11.3 Å². The molecule has 0 radical (unpaired) electrons. The number of rotatable bonds is 5. The molecule has 4 nitrogen and oxygen atoms in total. The van der Waals surface area contributed by atoms with Crippen molar-refractivity contribution in [1.82, 2.24) is 10.3 Å². The van der Waals surface area contributed by atoms with Crippen molar-refractivity contribution in [2.45, 2.75) is 13.3 Å². The first-order chi connectivity index (χ1) is 11.2. The number of aromatic nitrogens is 1. The van der Waals surface area contributed by atoms with E-state index < -0.39 is 0 Å². The summed E-state index contributed by atoms with van der Waals surface area (Å²) < 4.78 is 5.25. The second-order valence-electron chi connectivity index (χ2n) is 5.28. The maximum Gasteiger partial charge on any atom is 0.253 e. The zero-order chi connectivity index (χ0) is 16.1. The molecule has 0 unspecified atom stereocenters. The standard InChI is InChI=1S/C19H18N2O2/c1-14-17(19(22)20-12-11-16-8-5-13-23-16)9-10-18(21-14)15-6-3-2-4-7-15/h2-10,13H,11-12H2,1H3,(H,20,22). The average molecular weight is 306 g/mol. The van der Waals surface area contributed by atoms with Gasteiger partial charge in [0.25, 0.3) is 5.91 Å². The number of carbonyl (C=O) groups excluding carboxylic acids is 1. The lowest BCUT2D eigenvalue weighted by Crippen LogP contribution is -2.26. The molecule has 23 heavy (non-hydrogen) atoms. The zero-order valence-corrected chi connectivity index (χ0v) is 13.0. The van der Waals surface area contributed by atoms with E-state index in [9.17, 15) is 4.79 Å². The second-order valence-corrected chi connectivity index (χ2v) is 5.28. The molecule has 2 heterocycles. The van der Waals surface area contributed by atoms with Crippen LogP contribution in [-0.2, 0) is 6.42 Å². The van der Waals surface area contributed by atoms with Gasteiger partial charge in [0.15, 0.2) is 0 Å². The van der Waals surface area contributed by atoms with Crippen LogP contribution >= 0.6 is 0 Å². The Kier molecular flexibility index (Phi) is 4.52. The van der Waals surface area contributed by atoms with E-state index in [1.54, 1.807) is 6.26 Å². The molecule has 0 saturated heterocycles. The number of pyridine rings is 1. The third-order valence-corrected chi connectivity index (χ3v) is 3.64. The summed E-state index contributed by atoms with van der Waals surface area (Å²) in [5.74, 6) is 0.751. The van der Waals surface area contributed by atoms with E-state index in [1.807, 2.05) is 61.5 Å². The SMILES string of the molecule is Cc1nc(-c2ccccc2)ccc1C(=O)NCCc1ccco1. The van der Waals surface area contributed by atoms with E-state index in [1.165, 1.54) is 0 Å². The van der Waals surface area contributed by atoms with Gasteiger partial charge in [0.1, 0.15) is 5.76 Å². The minimum absolute atomic E-state index is 0.110. The first kappa shape index (κ1) is 15.0. The van der Waals surface area contributed by atoms with Gasteiger partial charge in [-0.1, -0.05) is 30.3 Å².